The first-order valence-electron chi connectivity index (χ1n) is 11.8. The molecule has 0 spiro atoms. The minimum atomic E-state index is -0.844. The zero-order valence-electron chi connectivity index (χ0n) is 20.5. The summed E-state index contributed by atoms with van der Waals surface area (Å²) >= 11 is 0. The average Bonchev–Trinajstić information content (AvgIpc) is 3.17. The molecule has 0 aliphatic heterocycles. The first-order valence-corrected chi connectivity index (χ1v) is 11.8. The number of hydrogen-bond acceptors (Lipinski definition) is 5. The molecule has 0 bridgehead atoms. The molecule has 0 radical (unpaired) electrons. The molecule has 194 valence electrons. The highest BCUT2D eigenvalue weighted by Crippen LogP contribution is 2.16. The topological polar surface area (TPSA) is 120 Å². The molecule has 0 saturated heterocycles. The molecule has 2 aromatic heterocycles. The smallest absolute Gasteiger partial charge is 0.352 e. The van der Waals surface area contributed by atoms with E-state index in [1.165, 1.54) is 27.2 Å². The van der Waals surface area contributed by atoms with Crippen LogP contribution in [-0.2, 0) is 17.9 Å². The number of benzene rings is 2. The number of aryl methyl sites for hydroxylation is 1. The summed E-state index contributed by atoms with van der Waals surface area (Å²) in [5, 5.41) is 9.42. The van der Waals surface area contributed by atoms with E-state index in [4.69, 9.17) is 0 Å². The van der Waals surface area contributed by atoms with Crippen LogP contribution in [-0.4, -0.2) is 37.1 Å². The number of fused-ring (bicyclic) bond motifs is 3. The van der Waals surface area contributed by atoms with Gasteiger partial charge in [0.15, 0.2) is 0 Å². The van der Waals surface area contributed by atoms with Gasteiger partial charge in [0.25, 0.3) is 11.5 Å². The Kier molecular flexibility index (Phi) is 7.18. The van der Waals surface area contributed by atoms with Crippen LogP contribution in [0.1, 0.15) is 37.6 Å². The van der Waals surface area contributed by atoms with E-state index in [9.17, 15) is 28.0 Å². The molecule has 2 heterocycles. The van der Waals surface area contributed by atoms with Crippen molar-refractivity contribution in [3.63, 3.8) is 0 Å². The Balaban J connectivity index is 1.80. The molecule has 2 amide bonds. The second kappa shape index (κ2) is 10.3. The third-order valence-electron chi connectivity index (χ3n) is 5.65. The first kappa shape index (κ1) is 25.7. The van der Waals surface area contributed by atoms with Crippen molar-refractivity contribution in [3.8, 4) is 0 Å². The summed E-state index contributed by atoms with van der Waals surface area (Å²) in [4.78, 5) is 51.8. The van der Waals surface area contributed by atoms with E-state index < -0.39 is 35.3 Å². The molecule has 4 aromatic rings. The number of carbonyl (C=O) groups is 2. The van der Waals surface area contributed by atoms with Gasteiger partial charge in [-0.05, 0) is 42.7 Å². The largest absolute Gasteiger partial charge is 0.352 e. The highest BCUT2D eigenvalue weighted by atomic mass is 19.1. The number of aromatic nitrogens is 4. The maximum absolute atomic E-state index is 13.9. The highest BCUT2D eigenvalue weighted by Gasteiger charge is 2.20. The first-order chi connectivity index (χ1) is 17.6. The van der Waals surface area contributed by atoms with Gasteiger partial charge in [-0.15, -0.1) is 5.10 Å². The van der Waals surface area contributed by atoms with Crippen molar-refractivity contribution in [2.75, 3.05) is 11.9 Å². The number of amides is 2. The summed E-state index contributed by atoms with van der Waals surface area (Å²) in [6.45, 7) is 5.84. The summed E-state index contributed by atoms with van der Waals surface area (Å²) in [7, 11) is 0. The average molecular weight is 513 g/mol. The molecule has 0 atom stereocenters. The van der Waals surface area contributed by atoms with Crippen LogP contribution >= 0.6 is 0 Å². The minimum Gasteiger partial charge on any atom is -0.352 e. The van der Waals surface area contributed by atoms with Crippen LogP contribution in [0, 0.1) is 17.6 Å². The Bertz CT molecular complexity index is 1640. The van der Waals surface area contributed by atoms with E-state index in [1.54, 1.807) is 0 Å². The van der Waals surface area contributed by atoms with Gasteiger partial charge in [0, 0.05) is 24.7 Å². The second-order valence-electron chi connectivity index (χ2n) is 9.04. The van der Waals surface area contributed by atoms with Crippen LogP contribution in [0.4, 0.5) is 14.5 Å². The van der Waals surface area contributed by atoms with Crippen LogP contribution in [0.3, 0.4) is 0 Å². The molecule has 0 aliphatic carbocycles. The predicted molar refractivity (Wildman–Crippen MR) is 134 cm³/mol. The van der Waals surface area contributed by atoms with E-state index in [0.29, 0.717) is 13.0 Å². The number of hydrogen-bond donors (Lipinski definition) is 2. The fourth-order valence-corrected chi connectivity index (χ4v) is 3.90. The standard InChI is InChI=1S/C25H26F2N6O4/c1-4-9-31-23(36)17-7-5-15(22(35)28-12-14(2)3)10-20(17)33-24(31)30-32(25(33)37)13-21(34)29-19-11-16(26)6-8-18(19)27/h5-8,10-11,14H,4,9,12-13H2,1-3H3,(H,28,35)(H,29,34). The Hall–Kier alpha value is -4.35. The van der Waals surface area contributed by atoms with Gasteiger partial charge < -0.3 is 10.6 Å². The lowest BCUT2D eigenvalue weighted by Crippen LogP contribution is -2.30. The van der Waals surface area contributed by atoms with Gasteiger partial charge in [-0.3, -0.25) is 19.0 Å². The molecule has 0 aliphatic rings. The fraction of sp³-hybridized carbons (Fsp3) is 0.320. The maximum atomic E-state index is 13.9. The second-order valence-corrected chi connectivity index (χ2v) is 9.04. The zero-order valence-corrected chi connectivity index (χ0v) is 20.5. The number of anilines is 1. The summed E-state index contributed by atoms with van der Waals surface area (Å²) in [6.07, 6.45) is 0.567. The van der Waals surface area contributed by atoms with E-state index >= 15 is 0 Å². The number of nitrogens with one attached hydrogen (secondary N) is 2. The fourth-order valence-electron chi connectivity index (χ4n) is 3.90. The lowest BCUT2D eigenvalue weighted by molar-refractivity contribution is -0.117. The SMILES string of the molecule is CCCn1c(=O)c2ccc(C(=O)NCC(C)C)cc2n2c(=O)n(CC(=O)Nc3cc(F)ccc3F)nc12. The summed E-state index contributed by atoms with van der Waals surface area (Å²) in [5.41, 5.74) is -1.10. The van der Waals surface area contributed by atoms with Crippen molar-refractivity contribution >= 4 is 34.2 Å². The van der Waals surface area contributed by atoms with Crippen molar-refractivity contribution in [2.45, 2.75) is 40.3 Å². The predicted octanol–water partition coefficient (Wildman–Crippen LogP) is 2.52. The Morgan fingerprint density at radius 3 is 2.54 bits per heavy atom. The Morgan fingerprint density at radius 2 is 1.84 bits per heavy atom. The monoisotopic (exact) mass is 512 g/mol. The van der Waals surface area contributed by atoms with Crippen molar-refractivity contribution in [1.82, 2.24) is 24.1 Å². The van der Waals surface area contributed by atoms with Gasteiger partial charge >= 0.3 is 5.69 Å². The summed E-state index contributed by atoms with van der Waals surface area (Å²) in [5.74, 6) is -2.55. The van der Waals surface area contributed by atoms with Crippen molar-refractivity contribution in [3.05, 3.63) is 74.4 Å². The van der Waals surface area contributed by atoms with Crippen molar-refractivity contribution in [1.29, 1.82) is 0 Å². The molecule has 0 saturated carbocycles. The lowest BCUT2D eigenvalue weighted by Gasteiger charge is -2.11. The Morgan fingerprint density at radius 1 is 1.08 bits per heavy atom. The highest BCUT2D eigenvalue weighted by molar-refractivity contribution is 5.98. The van der Waals surface area contributed by atoms with Gasteiger partial charge in [0.1, 0.15) is 18.2 Å². The lowest BCUT2D eigenvalue weighted by atomic mass is 10.1. The van der Waals surface area contributed by atoms with Gasteiger partial charge in [-0.1, -0.05) is 20.8 Å². The molecular weight excluding hydrogens is 486 g/mol. The van der Waals surface area contributed by atoms with Crippen LogP contribution < -0.4 is 21.9 Å². The number of rotatable bonds is 8. The third-order valence-corrected chi connectivity index (χ3v) is 5.65. The van der Waals surface area contributed by atoms with Crippen LogP contribution in [0.2, 0.25) is 0 Å². The quantitative estimate of drug-likeness (QED) is 0.376. The molecule has 10 nitrogen and oxygen atoms in total. The van der Waals surface area contributed by atoms with Gasteiger partial charge in [-0.2, -0.15) is 0 Å². The summed E-state index contributed by atoms with van der Waals surface area (Å²) < 4.78 is 30.7. The van der Waals surface area contributed by atoms with Gasteiger partial charge in [0.05, 0.1) is 16.6 Å². The number of nitrogens with zero attached hydrogens (tertiary/aromatic N) is 4. The van der Waals surface area contributed by atoms with E-state index in [0.717, 1.165) is 22.9 Å². The molecular formula is C25H26F2N6O4. The van der Waals surface area contributed by atoms with E-state index in [2.05, 4.69) is 15.7 Å². The number of carbonyl (C=O) groups excluding carboxylic acids is 2. The molecule has 37 heavy (non-hydrogen) atoms. The molecule has 0 fully saturated rings. The molecule has 2 aromatic carbocycles. The van der Waals surface area contributed by atoms with Crippen molar-refractivity contribution < 1.29 is 18.4 Å². The summed E-state index contributed by atoms with van der Waals surface area (Å²) in [6, 6.07) is 7.03. The number of halogens is 2. The Labute approximate surface area is 209 Å². The minimum absolute atomic E-state index is 0.00572. The molecule has 2 N–H and O–H groups in total. The molecule has 4 rings (SSSR count). The van der Waals surface area contributed by atoms with Gasteiger partial charge in [-0.25, -0.2) is 22.7 Å². The van der Waals surface area contributed by atoms with Gasteiger partial charge in [0.2, 0.25) is 11.7 Å². The molecule has 0 unspecified atom stereocenters. The van der Waals surface area contributed by atoms with Crippen LogP contribution in [0.5, 0.6) is 0 Å². The van der Waals surface area contributed by atoms with Crippen molar-refractivity contribution in [2.24, 2.45) is 5.92 Å². The van der Waals surface area contributed by atoms with E-state index in [1.807, 2.05) is 20.8 Å². The van der Waals surface area contributed by atoms with E-state index in [-0.39, 0.29) is 46.3 Å². The normalized spacial score (nSPS) is 11.4. The maximum Gasteiger partial charge on any atom is 0.352 e. The zero-order chi connectivity index (χ0) is 26.9. The third kappa shape index (κ3) is 5.13. The van der Waals surface area contributed by atoms with Crippen LogP contribution in [0.15, 0.2) is 46.0 Å². The van der Waals surface area contributed by atoms with Crippen LogP contribution in [0.25, 0.3) is 16.7 Å². The molecule has 12 heteroatoms.